The molecule has 2 saturated carbocycles. The molecule has 1 aromatic carbocycles. The number of aromatic nitrogens is 2. The summed E-state index contributed by atoms with van der Waals surface area (Å²) in [5.74, 6) is 0.910. The Morgan fingerprint density at radius 3 is 2.67 bits per heavy atom. The maximum absolute atomic E-state index is 13.5. The molecule has 0 unspecified atom stereocenters. The van der Waals surface area contributed by atoms with Crippen molar-refractivity contribution >= 4 is 11.0 Å². The molecule has 0 saturated heterocycles. The first-order chi connectivity index (χ1) is 10.2. The highest BCUT2D eigenvalue weighted by Crippen LogP contribution is 2.45. The largest absolute Gasteiger partial charge is 0.329 e. The van der Waals surface area contributed by atoms with Crippen LogP contribution in [0.4, 0.5) is 4.39 Å². The Balaban J connectivity index is 1.92. The normalized spacial score (nSPS) is 21.8. The SMILES string of the molecule is NCC1(c2nc3cc(F)ccc3n2C2CC2)CCCCC1. The highest BCUT2D eigenvalue weighted by molar-refractivity contribution is 5.76. The number of halogens is 1. The molecule has 0 atom stereocenters. The third-order valence-corrected chi connectivity index (χ3v) is 5.24. The fraction of sp³-hybridized carbons (Fsp3) is 0.588. The van der Waals surface area contributed by atoms with Gasteiger partial charge in [0.2, 0.25) is 0 Å². The maximum atomic E-state index is 13.5. The van der Waals surface area contributed by atoms with Gasteiger partial charge < -0.3 is 10.3 Å². The lowest BCUT2D eigenvalue weighted by molar-refractivity contribution is 0.278. The Kier molecular flexibility index (Phi) is 3.03. The molecule has 0 spiro atoms. The van der Waals surface area contributed by atoms with Crippen LogP contribution in [0.15, 0.2) is 18.2 Å². The van der Waals surface area contributed by atoms with Gasteiger partial charge in [-0.25, -0.2) is 9.37 Å². The lowest BCUT2D eigenvalue weighted by atomic mass is 9.73. The topological polar surface area (TPSA) is 43.8 Å². The van der Waals surface area contributed by atoms with E-state index in [1.165, 1.54) is 32.1 Å². The summed E-state index contributed by atoms with van der Waals surface area (Å²) < 4.78 is 15.9. The van der Waals surface area contributed by atoms with Crippen molar-refractivity contribution in [3.63, 3.8) is 0 Å². The molecule has 1 aromatic heterocycles. The van der Waals surface area contributed by atoms with Crippen molar-refractivity contribution < 1.29 is 4.39 Å². The number of nitrogens with zero attached hydrogens (tertiary/aromatic N) is 2. The van der Waals surface area contributed by atoms with Gasteiger partial charge >= 0.3 is 0 Å². The van der Waals surface area contributed by atoms with E-state index >= 15 is 0 Å². The molecule has 2 aliphatic rings. The Morgan fingerprint density at radius 2 is 2.00 bits per heavy atom. The molecule has 112 valence electrons. The molecule has 3 nitrogen and oxygen atoms in total. The summed E-state index contributed by atoms with van der Waals surface area (Å²) in [6.45, 7) is 0.644. The van der Waals surface area contributed by atoms with Crippen LogP contribution >= 0.6 is 0 Å². The van der Waals surface area contributed by atoms with Gasteiger partial charge in [0, 0.05) is 24.1 Å². The second kappa shape index (κ2) is 4.80. The second-order valence-corrected chi connectivity index (χ2v) is 6.71. The highest BCUT2D eigenvalue weighted by Gasteiger charge is 2.40. The van der Waals surface area contributed by atoms with Crippen LogP contribution in [-0.4, -0.2) is 16.1 Å². The van der Waals surface area contributed by atoms with Crippen molar-refractivity contribution in [2.45, 2.75) is 56.4 Å². The quantitative estimate of drug-likeness (QED) is 0.936. The zero-order valence-electron chi connectivity index (χ0n) is 12.3. The fourth-order valence-corrected chi connectivity index (χ4v) is 3.90. The van der Waals surface area contributed by atoms with E-state index in [0.29, 0.717) is 12.6 Å². The van der Waals surface area contributed by atoms with Gasteiger partial charge in [-0.2, -0.15) is 0 Å². The minimum Gasteiger partial charge on any atom is -0.329 e. The lowest BCUT2D eigenvalue weighted by Crippen LogP contribution is -2.39. The van der Waals surface area contributed by atoms with Gasteiger partial charge in [-0.3, -0.25) is 0 Å². The summed E-state index contributed by atoms with van der Waals surface area (Å²) in [5, 5.41) is 0. The van der Waals surface area contributed by atoms with Crippen molar-refractivity contribution in [3.8, 4) is 0 Å². The Bertz CT molecular complexity index is 666. The van der Waals surface area contributed by atoms with Crippen LogP contribution in [0.2, 0.25) is 0 Å². The zero-order valence-corrected chi connectivity index (χ0v) is 12.3. The van der Waals surface area contributed by atoms with Crippen LogP contribution in [0.3, 0.4) is 0 Å². The van der Waals surface area contributed by atoms with Crippen molar-refractivity contribution in [1.29, 1.82) is 0 Å². The van der Waals surface area contributed by atoms with Crippen LogP contribution in [0, 0.1) is 5.82 Å². The molecule has 0 aliphatic heterocycles. The van der Waals surface area contributed by atoms with E-state index in [0.717, 1.165) is 29.7 Å². The van der Waals surface area contributed by atoms with Gasteiger partial charge in [0.25, 0.3) is 0 Å². The standard InChI is InChI=1S/C17H22FN3/c18-12-4-7-15-14(10-12)20-16(21(15)13-5-6-13)17(11-19)8-2-1-3-9-17/h4,7,10,13H,1-3,5-6,8-9,11,19H2. The Hall–Kier alpha value is -1.42. The number of hydrogen-bond donors (Lipinski definition) is 1. The number of imidazole rings is 1. The smallest absolute Gasteiger partial charge is 0.125 e. The molecule has 2 N–H and O–H groups in total. The molecule has 2 fully saturated rings. The molecule has 4 rings (SSSR count). The molecule has 0 bridgehead atoms. The molecular weight excluding hydrogens is 265 g/mol. The summed E-state index contributed by atoms with van der Waals surface area (Å²) in [4.78, 5) is 4.84. The van der Waals surface area contributed by atoms with Crippen LogP contribution in [-0.2, 0) is 5.41 Å². The average molecular weight is 287 g/mol. The van der Waals surface area contributed by atoms with Gasteiger partial charge in [0.05, 0.1) is 11.0 Å². The van der Waals surface area contributed by atoms with Gasteiger partial charge in [-0.05, 0) is 37.8 Å². The van der Waals surface area contributed by atoms with E-state index in [1.807, 2.05) is 6.07 Å². The van der Waals surface area contributed by atoms with E-state index in [2.05, 4.69) is 4.57 Å². The first-order valence-electron chi connectivity index (χ1n) is 8.12. The van der Waals surface area contributed by atoms with Crippen molar-refractivity contribution in [3.05, 3.63) is 29.8 Å². The van der Waals surface area contributed by atoms with Crippen molar-refractivity contribution in [2.75, 3.05) is 6.54 Å². The first-order valence-corrected chi connectivity index (χ1v) is 8.12. The summed E-state index contributed by atoms with van der Waals surface area (Å²) in [7, 11) is 0. The number of fused-ring (bicyclic) bond motifs is 1. The molecule has 1 heterocycles. The Labute approximate surface area is 124 Å². The summed E-state index contributed by atoms with van der Waals surface area (Å²) in [5.41, 5.74) is 8.04. The van der Waals surface area contributed by atoms with E-state index in [9.17, 15) is 4.39 Å². The minimum atomic E-state index is -0.208. The predicted octanol–water partition coefficient (Wildman–Crippen LogP) is 3.67. The highest BCUT2D eigenvalue weighted by atomic mass is 19.1. The van der Waals surface area contributed by atoms with Crippen LogP contribution < -0.4 is 5.73 Å². The summed E-state index contributed by atoms with van der Waals surface area (Å²) in [6.07, 6.45) is 8.37. The number of hydrogen-bond acceptors (Lipinski definition) is 2. The minimum absolute atomic E-state index is 0.00363. The lowest BCUT2D eigenvalue weighted by Gasteiger charge is -2.36. The molecular formula is C17H22FN3. The van der Waals surface area contributed by atoms with E-state index < -0.39 is 0 Å². The summed E-state index contributed by atoms with van der Waals surface area (Å²) >= 11 is 0. The number of benzene rings is 1. The summed E-state index contributed by atoms with van der Waals surface area (Å²) in [6, 6.07) is 5.53. The van der Waals surface area contributed by atoms with Crippen LogP contribution in [0.1, 0.15) is 56.8 Å². The van der Waals surface area contributed by atoms with Gasteiger partial charge in [0.1, 0.15) is 11.6 Å². The third kappa shape index (κ3) is 2.08. The van der Waals surface area contributed by atoms with Crippen molar-refractivity contribution in [2.24, 2.45) is 5.73 Å². The van der Waals surface area contributed by atoms with E-state index in [4.69, 9.17) is 10.7 Å². The van der Waals surface area contributed by atoms with Crippen LogP contribution in [0.25, 0.3) is 11.0 Å². The maximum Gasteiger partial charge on any atom is 0.125 e. The molecule has 0 radical (unpaired) electrons. The van der Waals surface area contributed by atoms with E-state index in [1.54, 1.807) is 12.1 Å². The fourth-order valence-electron chi connectivity index (χ4n) is 3.90. The predicted molar refractivity (Wildman–Crippen MR) is 81.8 cm³/mol. The Morgan fingerprint density at radius 1 is 1.24 bits per heavy atom. The van der Waals surface area contributed by atoms with Gasteiger partial charge in [-0.15, -0.1) is 0 Å². The molecule has 2 aromatic rings. The molecule has 21 heavy (non-hydrogen) atoms. The molecule has 0 amide bonds. The number of rotatable bonds is 3. The molecule has 4 heteroatoms. The third-order valence-electron chi connectivity index (χ3n) is 5.24. The monoisotopic (exact) mass is 287 g/mol. The van der Waals surface area contributed by atoms with Gasteiger partial charge in [-0.1, -0.05) is 19.3 Å². The second-order valence-electron chi connectivity index (χ2n) is 6.71. The first kappa shape index (κ1) is 13.3. The average Bonchev–Trinajstić information content (AvgIpc) is 3.28. The van der Waals surface area contributed by atoms with E-state index in [-0.39, 0.29) is 11.2 Å². The number of nitrogens with two attached hydrogens (primary N) is 1. The molecule has 2 aliphatic carbocycles. The van der Waals surface area contributed by atoms with Gasteiger partial charge in [0.15, 0.2) is 0 Å². The van der Waals surface area contributed by atoms with Crippen molar-refractivity contribution in [1.82, 2.24) is 9.55 Å². The zero-order chi connectivity index (χ0) is 14.4. The van der Waals surface area contributed by atoms with Crippen LogP contribution in [0.5, 0.6) is 0 Å².